The molecule has 0 aliphatic carbocycles. The zero-order chi connectivity index (χ0) is 9.14. The highest BCUT2D eigenvalue weighted by Crippen LogP contribution is 2.26. The first-order valence-electron chi connectivity index (χ1n) is 4.30. The molecule has 70 valence electrons. The van der Waals surface area contributed by atoms with E-state index in [1.54, 1.807) is 7.11 Å². The predicted molar refractivity (Wildman–Crippen MR) is 44.9 cm³/mol. The Morgan fingerprint density at radius 3 is 2.67 bits per heavy atom. The Morgan fingerprint density at radius 2 is 2.17 bits per heavy atom. The van der Waals surface area contributed by atoms with Gasteiger partial charge < -0.3 is 14.3 Å². The molecule has 4 atom stereocenters. The predicted octanol–water partition coefficient (Wildman–Crippen LogP) is 0.871. The molecular weight excluding hydrogens is 156 g/mol. The molecule has 1 fully saturated rings. The second-order valence-corrected chi connectivity index (χ2v) is 3.47. The summed E-state index contributed by atoms with van der Waals surface area (Å²) >= 11 is 0. The standard InChI is InChI=1S/C9H16O3/c1-6-5-12-8(4-10)9(11-3)7(6)2/h4,6-9H,5H2,1-3H3. The number of ether oxygens (including phenoxy) is 2. The first kappa shape index (κ1) is 9.68. The zero-order valence-electron chi connectivity index (χ0n) is 7.82. The molecule has 1 aliphatic heterocycles. The van der Waals surface area contributed by atoms with Gasteiger partial charge >= 0.3 is 0 Å². The average Bonchev–Trinajstić information content (AvgIpc) is 2.09. The van der Waals surface area contributed by atoms with E-state index in [1.165, 1.54) is 0 Å². The van der Waals surface area contributed by atoms with Crippen molar-refractivity contribution in [3.63, 3.8) is 0 Å². The van der Waals surface area contributed by atoms with Crippen LogP contribution < -0.4 is 0 Å². The Kier molecular flexibility index (Phi) is 3.23. The van der Waals surface area contributed by atoms with E-state index in [2.05, 4.69) is 13.8 Å². The van der Waals surface area contributed by atoms with Gasteiger partial charge in [0, 0.05) is 7.11 Å². The lowest BCUT2D eigenvalue weighted by molar-refractivity contribution is -0.152. The Balaban J connectivity index is 2.64. The van der Waals surface area contributed by atoms with Crippen LogP contribution >= 0.6 is 0 Å². The normalized spacial score (nSPS) is 42.6. The maximum Gasteiger partial charge on any atom is 0.151 e. The van der Waals surface area contributed by atoms with E-state index in [0.29, 0.717) is 18.4 Å². The number of aldehydes is 1. The van der Waals surface area contributed by atoms with Crippen LogP contribution in [0.3, 0.4) is 0 Å². The van der Waals surface area contributed by atoms with Crippen molar-refractivity contribution >= 4 is 6.29 Å². The third kappa shape index (κ3) is 1.67. The minimum absolute atomic E-state index is 0.0775. The molecule has 3 nitrogen and oxygen atoms in total. The highest BCUT2D eigenvalue weighted by atomic mass is 16.5. The van der Waals surface area contributed by atoms with Gasteiger partial charge in [0.25, 0.3) is 0 Å². The Morgan fingerprint density at radius 1 is 1.50 bits per heavy atom. The van der Waals surface area contributed by atoms with E-state index in [4.69, 9.17) is 9.47 Å². The van der Waals surface area contributed by atoms with Gasteiger partial charge in [0.1, 0.15) is 6.10 Å². The molecule has 0 spiro atoms. The number of carbonyl (C=O) groups excluding carboxylic acids is 1. The molecule has 0 bridgehead atoms. The minimum Gasteiger partial charge on any atom is -0.378 e. The first-order valence-corrected chi connectivity index (χ1v) is 4.30. The smallest absolute Gasteiger partial charge is 0.151 e. The van der Waals surface area contributed by atoms with Crippen molar-refractivity contribution in [2.45, 2.75) is 26.1 Å². The summed E-state index contributed by atoms with van der Waals surface area (Å²) in [5.41, 5.74) is 0. The van der Waals surface area contributed by atoms with Crippen molar-refractivity contribution in [1.82, 2.24) is 0 Å². The molecule has 0 N–H and O–H groups in total. The van der Waals surface area contributed by atoms with Crippen LogP contribution in [0.5, 0.6) is 0 Å². The fourth-order valence-corrected chi connectivity index (χ4v) is 1.60. The van der Waals surface area contributed by atoms with Crippen LogP contribution in [0.25, 0.3) is 0 Å². The lowest BCUT2D eigenvalue weighted by atomic mass is 9.86. The van der Waals surface area contributed by atoms with E-state index in [1.807, 2.05) is 0 Å². The largest absolute Gasteiger partial charge is 0.378 e. The number of methoxy groups -OCH3 is 1. The fourth-order valence-electron chi connectivity index (χ4n) is 1.60. The Bertz CT molecular complexity index is 158. The Labute approximate surface area is 73.0 Å². The van der Waals surface area contributed by atoms with Gasteiger partial charge in [0.15, 0.2) is 6.29 Å². The van der Waals surface area contributed by atoms with Gasteiger partial charge in [0.05, 0.1) is 12.7 Å². The van der Waals surface area contributed by atoms with Crippen LogP contribution in [0.15, 0.2) is 0 Å². The molecule has 0 saturated carbocycles. The van der Waals surface area contributed by atoms with Gasteiger partial charge in [-0.15, -0.1) is 0 Å². The molecular formula is C9H16O3. The molecule has 1 saturated heterocycles. The van der Waals surface area contributed by atoms with Gasteiger partial charge in [0.2, 0.25) is 0 Å². The summed E-state index contributed by atoms with van der Waals surface area (Å²) < 4.78 is 10.5. The molecule has 1 aliphatic rings. The molecule has 0 aromatic heterocycles. The van der Waals surface area contributed by atoms with Gasteiger partial charge in [-0.05, 0) is 11.8 Å². The number of hydrogen-bond acceptors (Lipinski definition) is 3. The van der Waals surface area contributed by atoms with Crippen molar-refractivity contribution in [2.24, 2.45) is 11.8 Å². The van der Waals surface area contributed by atoms with E-state index in [-0.39, 0.29) is 12.2 Å². The monoisotopic (exact) mass is 172 g/mol. The van der Waals surface area contributed by atoms with Crippen LogP contribution in [0.4, 0.5) is 0 Å². The maximum absolute atomic E-state index is 10.6. The topological polar surface area (TPSA) is 35.5 Å². The van der Waals surface area contributed by atoms with Crippen molar-refractivity contribution < 1.29 is 14.3 Å². The van der Waals surface area contributed by atoms with Crippen molar-refractivity contribution in [2.75, 3.05) is 13.7 Å². The molecule has 0 aromatic rings. The molecule has 0 radical (unpaired) electrons. The molecule has 0 amide bonds. The molecule has 1 rings (SSSR count). The number of carbonyl (C=O) groups is 1. The van der Waals surface area contributed by atoms with Gasteiger partial charge in [-0.1, -0.05) is 13.8 Å². The second kappa shape index (κ2) is 4.01. The van der Waals surface area contributed by atoms with Gasteiger partial charge in [-0.3, -0.25) is 0 Å². The molecule has 4 unspecified atom stereocenters. The summed E-state index contributed by atoms with van der Waals surface area (Å²) in [4.78, 5) is 10.6. The fraction of sp³-hybridized carbons (Fsp3) is 0.889. The summed E-state index contributed by atoms with van der Waals surface area (Å²) in [6.07, 6.45) is 0.378. The SMILES string of the molecule is COC1C(C=O)OCC(C)C1C. The van der Waals surface area contributed by atoms with Crippen LogP contribution in [0, 0.1) is 11.8 Å². The zero-order valence-corrected chi connectivity index (χ0v) is 7.82. The maximum atomic E-state index is 10.6. The van der Waals surface area contributed by atoms with Crippen LogP contribution in [-0.4, -0.2) is 32.2 Å². The summed E-state index contributed by atoms with van der Waals surface area (Å²) in [7, 11) is 1.62. The molecule has 12 heavy (non-hydrogen) atoms. The third-order valence-electron chi connectivity index (χ3n) is 2.70. The highest BCUT2D eigenvalue weighted by Gasteiger charge is 2.35. The van der Waals surface area contributed by atoms with E-state index in [0.717, 1.165) is 6.29 Å². The number of hydrogen-bond donors (Lipinski definition) is 0. The average molecular weight is 172 g/mol. The van der Waals surface area contributed by atoms with E-state index >= 15 is 0 Å². The quantitative estimate of drug-likeness (QED) is 0.580. The molecule has 3 heteroatoms. The third-order valence-corrected chi connectivity index (χ3v) is 2.70. The summed E-state index contributed by atoms with van der Waals surface area (Å²) in [5.74, 6) is 0.852. The highest BCUT2D eigenvalue weighted by molar-refractivity contribution is 5.57. The number of rotatable bonds is 2. The van der Waals surface area contributed by atoms with Crippen molar-refractivity contribution in [3.05, 3.63) is 0 Å². The first-order chi connectivity index (χ1) is 5.70. The summed E-state index contributed by atoms with van der Waals surface area (Å²) in [5, 5.41) is 0. The van der Waals surface area contributed by atoms with E-state index < -0.39 is 0 Å². The van der Waals surface area contributed by atoms with Crippen molar-refractivity contribution in [3.8, 4) is 0 Å². The minimum atomic E-state index is -0.374. The lowest BCUT2D eigenvalue weighted by Gasteiger charge is -2.36. The molecule has 0 aromatic carbocycles. The summed E-state index contributed by atoms with van der Waals surface area (Å²) in [6, 6.07) is 0. The van der Waals surface area contributed by atoms with Crippen LogP contribution in [-0.2, 0) is 14.3 Å². The second-order valence-electron chi connectivity index (χ2n) is 3.47. The molecule has 1 heterocycles. The van der Waals surface area contributed by atoms with Crippen molar-refractivity contribution in [1.29, 1.82) is 0 Å². The summed E-state index contributed by atoms with van der Waals surface area (Å²) in [6.45, 7) is 4.86. The van der Waals surface area contributed by atoms with Crippen LogP contribution in [0.2, 0.25) is 0 Å². The van der Waals surface area contributed by atoms with Crippen LogP contribution in [0.1, 0.15) is 13.8 Å². The Hall–Kier alpha value is -0.410. The van der Waals surface area contributed by atoms with Gasteiger partial charge in [-0.2, -0.15) is 0 Å². The van der Waals surface area contributed by atoms with Gasteiger partial charge in [-0.25, -0.2) is 0 Å². The lowest BCUT2D eigenvalue weighted by Crippen LogP contribution is -2.46. The van der Waals surface area contributed by atoms with E-state index in [9.17, 15) is 4.79 Å².